The minimum atomic E-state index is -0.0192. The van der Waals surface area contributed by atoms with Crippen LogP contribution >= 0.6 is 0 Å². The van der Waals surface area contributed by atoms with Crippen LogP contribution in [-0.4, -0.2) is 47.1 Å². The molecule has 6 heteroatoms. The van der Waals surface area contributed by atoms with Crippen LogP contribution in [0.4, 0.5) is 0 Å². The average molecular weight is 339 g/mol. The molecule has 1 atom stereocenters. The smallest absolute Gasteiger partial charge is 0.257 e. The molecule has 0 bridgehead atoms. The van der Waals surface area contributed by atoms with Crippen molar-refractivity contribution in [3.8, 4) is 11.5 Å². The molecule has 25 heavy (non-hydrogen) atoms. The van der Waals surface area contributed by atoms with Crippen LogP contribution < -0.4 is 9.47 Å². The molecule has 1 aromatic heterocycles. The molecule has 2 aromatic rings. The Morgan fingerprint density at radius 1 is 1.16 bits per heavy atom. The van der Waals surface area contributed by atoms with Crippen LogP contribution in [0, 0.1) is 13.8 Å². The number of ether oxygens (including phenoxy) is 2. The van der Waals surface area contributed by atoms with Crippen LogP contribution in [0.15, 0.2) is 24.3 Å². The first kappa shape index (κ1) is 15.9. The molecular weight excluding hydrogens is 318 g/mol. The maximum absolute atomic E-state index is 13.0. The molecule has 2 aliphatic heterocycles. The second-order valence-electron chi connectivity index (χ2n) is 6.58. The highest BCUT2D eigenvalue weighted by Gasteiger charge is 2.32. The summed E-state index contributed by atoms with van der Waals surface area (Å²) in [6.45, 7) is 6.26. The monoisotopic (exact) mass is 339 g/mol. The molecule has 0 N–H and O–H groups in total. The van der Waals surface area contributed by atoms with Crippen LogP contribution in [0.2, 0.25) is 0 Å². The van der Waals surface area contributed by atoms with Crippen LogP contribution in [0.5, 0.6) is 11.5 Å². The van der Waals surface area contributed by atoms with Crippen LogP contribution in [0.25, 0.3) is 0 Å². The van der Waals surface area contributed by atoms with Gasteiger partial charge in [-0.15, -0.1) is 0 Å². The van der Waals surface area contributed by atoms with Crippen molar-refractivity contribution in [1.29, 1.82) is 0 Å². The average Bonchev–Trinajstić information content (AvgIpc) is 3.10. The summed E-state index contributed by atoms with van der Waals surface area (Å²) in [6, 6.07) is 7.44. The molecular formula is C19H21N3O3. The van der Waals surface area contributed by atoms with E-state index >= 15 is 0 Å². The van der Waals surface area contributed by atoms with Gasteiger partial charge in [-0.2, -0.15) is 0 Å². The molecule has 1 amide bonds. The number of para-hydroxylation sites is 1. The van der Waals surface area contributed by atoms with Crippen molar-refractivity contribution in [2.75, 3.05) is 26.3 Å². The summed E-state index contributed by atoms with van der Waals surface area (Å²) in [6.07, 6.45) is 0.876. The summed E-state index contributed by atoms with van der Waals surface area (Å²) in [4.78, 5) is 24.0. The number of aromatic nitrogens is 2. The zero-order valence-electron chi connectivity index (χ0n) is 14.5. The zero-order valence-corrected chi connectivity index (χ0v) is 14.5. The fourth-order valence-corrected chi connectivity index (χ4v) is 3.50. The van der Waals surface area contributed by atoms with Crippen molar-refractivity contribution in [2.45, 2.75) is 26.2 Å². The maximum Gasteiger partial charge on any atom is 0.257 e. The molecule has 0 radical (unpaired) electrons. The van der Waals surface area contributed by atoms with E-state index in [-0.39, 0.29) is 11.8 Å². The van der Waals surface area contributed by atoms with E-state index in [9.17, 15) is 4.79 Å². The van der Waals surface area contributed by atoms with Gasteiger partial charge in [-0.05, 0) is 38.5 Å². The van der Waals surface area contributed by atoms with Gasteiger partial charge in [0.2, 0.25) is 0 Å². The van der Waals surface area contributed by atoms with Gasteiger partial charge in [0.05, 0.1) is 5.56 Å². The van der Waals surface area contributed by atoms with E-state index in [2.05, 4.69) is 9.97 Å². The van der Waals surface area contributed by atoms with E-state index in [1.54, 1.807) is 6.07 Å². The van der Waals surface area contributed by atoms with E-state index in [1.807, 2.05) is 36.9 Å². The SMILES string of the molecule is Cc1cc(C)nc(C2CCN(C(=O)c3cccc4c3OCCO4)C2)n1. The number of aryl methyl sites for hydroxylation is 2. The molecule has 0 saturated carbocycles. The van der Waals surface area contributed by atoms with Gasteiger partial charge in [0.15, 0.2) is 11.5 Å². The summed E-state index contributed by atoms with van der Waals surface area (Å²) in [7, 11) is 0. The van der Waals surface area contributed by atoms with Gasteiger partial charge in [-0.25, -0.2) is 9.97 Å². The number of amides is 1. The summed E-state index contributed by atoms with van der Waals surface area (Å²) < 4.78 is 11.3. The minimum absolute atomic E-state index is 0.0192. The highest BCUT2D eigenvalue weighted by Crippen LogP contribution is 2.35. The van der Waals surface area contributed by atoms with Crippen LogP contribution in [0.1, 0.15) is 39.9 Å². The second-order valence-corrected chi connectivity index (χ2v) is 6.58. The predicted molar refractivity (Wildman–Crippen MR) is 92.2 cm³/mol. The Morgan fingerprint density at radius 3 is 2.72 bits per heavy atom. The molecule has 1 saturated heterocycles. The number of rotatable bonds is 2. The molecule has 1 fully saturated rings. The lowest BCUT2D eigenvalue weighted by Gasteiger charge is -2.23. The zero-order chi connectivity index (χ0) is 17.4. The predicted octanol–water partition coefficient (Wildman–Crippen LogP) is 2.49. The molecule has 6 nitrogen and oxygen atoms in total. The fourth-order valence-electron chi connectivity index (χ4n) is 3.50. The summed E-state index contributed by atoms with van der Waals surface area (Å²) >= 11 is 0. The highest BCUT2D eigenvalue weighted by atomic mass is 16.6. The van der Waals surface area contributed by atoms with Gasteiger partial charge in [0.25, 0.3) is 5.91 Å². The van der Waals surface area contributed by atoms with E-state index in [4.69, 9.17) is 9.47 Å². The first-order valence-corrected chi connectivity index (χ1v) is 8.62. The molecule has 130 valence electrons. The lowest BCUT2D eigenvalue weighted by Crippen LogP contribution is -2.30. The van der Waals surface area contributed by atoms with Crippen molar-refractivity contribution in [2.24, 2.45) is 0 Å². The Kier molecular flexibility index (Phi) is 4.03. The number of likely N-dealkylation sites (tertiary alicyclic amines) is 1. The fraction of sp³-hybridized carbons (Fsp3) is 0.421. The third-order valence-electron chi connectivity index (χ3n) is 4.64. The highest BCUT2D eigenvalue weighted by molar-refractivity contribution is 5.98. The number of hydrogen-bond donors (Lipinski definition) is 0. The maximum atomic E-state index is 13.0. The van der Waals surface area contributed by atoms with Gasteiger partial charge < -0.3 is 14.4 Å². The van der Waals surface area contributed by atoms with Gasteiger partial charge in [0, 0.05) is 30.4 Å². The van der Waals surface area contributed by atoms with Gasteiger partial charge in [-0.3, -0.25) is 4.79 Å². The number of benzene rings is 1. The second kappa shape index (κ2) is 6.35. The summed E-state index contributed by atoms with van der Waals surface area (Å²) in [5.41, 5.74) is 2.50. The lowest BCUT2D eigenvalue weighted by atomic mass is 10.1. The van der Waals surface area contributed by atoms with Gasteiger partial charge in [0.1, 0.15) is 19.0 Å². The molecule has 1 aromatic carbocycles. The Balaban J connectivity index is 1.55. The summed E-state index contributed by atoms with van der Waals surface area (Å²) in [5, 5.41) is 0. The Bertz CT molecular complexity index is 801. The molecule has 3 heterocycles. The van der Waals surface area contributed by atoms with Crippen molar-refractivity contribution in [3.05, 3.63) is 47.0 Å². The number of carbonyl (C=O) groups excluding carboxylic acids is 1. The van der Waals surface area contributed by atoms with Crippen molar-refractivity contribution >= 4 is 5.91 Å². The lowest BCUT2D eigenvalue weighted by molar-refractivity contribution is 0.0780. The topological polar surface area (TPSA) is 64.6 Å². The third-order valence-corrected chi connectivity index (χ3v) is 4.64. The first-order valence-electron chi connectivity index (χ1n) is 8.62. The van der Waals surface area contributed by atoms with Crippen molar-refractivity contribution in [1.82, 2.24) is 14.9 Å². The molecule has 1 unspecified atom stereocenters. The van der Waals surface area contributed by atoms with Crippen molar-refractivity contribution < 1.29 is 14.3 Å². The Labute approximate surface area is 146 Å². The third kappa shape index (κ3) is 3.04. The minimum Gasteiger partial charge on any atom is -0.486 e. The molecule has 2 aliphatic rings. The van der Waals surface area contributed by atoms with Gasteiger partial charge >= 0.3 is 0 Å². The Morgan fingerprint density at radius 2 is 1.92 bits per heavy atom. The number of carbonyl (C=O) groups is 1. The summed E-state index contributed by atoms with van der Waals surface area (Å²) in [5.74, 6) is 2.20. The number of nitrogens with zero attached hydrogens (tertiary/aromatic N) is 3. The van der Waals surface area contributed by atoms with Crippen LogP contribution in [-0.2, 0) is 0 Å². The standard InChI is InChI=1S/C19H21N3O3/c1-12-10-13(2)21-18(20-12)14-6-7-22(11-14)19(23)15-4-3-5-16-17(15)25-9-8-24-16/h3-5,10,14H,6-9,11H2,1-2H3. The van der Waals surface area contributed by atoms with E-state index in [0.717, 1.165) is 23.6 Å². The first-order chi connectivity index (χ1) is 12.1. The number of fused-ring (bicyclic) bond motifs is 1. The van der Waals surface area contributed by atoms with Crippen LogP contribution in [0.3, 0.4) is 0 Å². The van der Waals surface area contributed by atoms with E-state index in [1.165, 1.54) is 0 Å². The largest absolute Gasteiger partial charge is 0.486 e. The normalized spacial score (nSPS) is 19.1. The molecule has 0 spiro atoms. The van der Waals surface area contributed by atoms with E-state index in [0.29, 0.717) is 43.4 Å². The van der Waals surface area contributed by atoms with Gasteiger partial charge in [-0.1, -0.05) is 6.07 Å². The number of hydrogen-bond acceptors (Lipinski definition) is 5. The quantitative estimate of drug-likeness (QED) is 0.841. The van der Waals surface area contributed by atoms with Crippen molar-refractivity contribution in [3.63, 3.8) is 0 Å². The Hall–Kier alpha value is -2.63. The van der Waals surface area contributed by atoms with E-state index < -0.39 is 0 Å². The molecule has 4 rings (SSSR count). The molecule has 0 aliphatic carbocycles.